The first-order valence-corrected chi connectivity index (χ1v) is 8.56. The highest BCUT2D eigenvalue weighted by Crippen LogP contribution is 2.23. The van der Waals surface area contributed by atoms with E-state index in [0.717, 1.165) is 10.2 Å². The second kappa shape index (κ2) is 7.88. The van der Waals surface area contributed by atoms with Crippen molar-refractivity contribution in [2.75, 3.05) is 4.90 Å². The van der Waals surface area contributed by atoms with Crippen molar-refractivity contribution in [3.8, 4) is 0 Å². The van der Waals surface area contributed by atoms with Crippen LogP contribution in [0.25, 0.3) is 0 Å². The van der Waals surface area contributed by atoms with Crippen molar-refractivity contribution in [2.45, 2.75) is 6.54 Å². The zero-order valence-corrected chi connectivity index (χ0v) is 15.2. The number of halogens is 1. The first kappa shape index (κ1) is 17.8. The summed E-state index contributed by atoms with van der Waals surface area (Å²) in [6, 6.07) is 18.5. The zero-order chi connectivity index (χ0) is 18.5. The first-order valence-electron chi connectivity index (χ1n) is 7.76. The molecule has 1 heterocycles. The standard InChI is InChI=1S/C19H14BrN3O3/c20-15-6-10-17(11-7-15)22(13-16-3-1-2-12-21-16)19(24)14-4-8-18(9-5-14)23(25)26/h1-12H,13H2. The summed E-state index contributed by atoms with van der Waals surface area (Å²) in [5.41, 5.74) is 1.77. The molecule has 130 valence electrons. The number of benzene rings is 2. The first-order chi connectivity index (χ1) is 12.5. The Morgan fingerprint density at radius 3 is 2.31 bits per heavy atom. The topological polar surface area (TPSA) is 76.3 Å². The summed E-state index contributed by atoms with van der Waals surface area (Å²) in [6.45, 7) is 0.290. The van der Waals surface area contributed by atoms with Gasteiger partial charge < -0.3 is 4.90 Å². The van der Waals surface area contributed by atoms with Gasteiger partial charge in [0.05, 0.1) is 17.2 Å². The predicted molar refractivity (Wildman–Crippen MR) is 102 cm³/mol. The van der Waals surface area contributed by atoms with Crippen LogP contribution in [0.15, 0.2) is 77.4 Å². The molecule has 1 aromatic heterocycles. The fourth-order valence-electron chi connectivity index (χ4n) is 2.44. The maximum atomic E-state index is 13.0. The van der Waals surface area contributed by atoms with E-state index in [1.54, 1.807) is 11.1 Å². The lowest BCUT2D eigenvalue weighted by molar-refractivity contribution is -0.384. The van der Waals surface area contributed by atoms with Crippen LogP contribution in [-0.4, -0.2) is 15.8 Å². The van der Waals surface area contributed by atoms with Crippen LogP contribution in [0.2, 0.25) is 0 Å². The van der Waals surface area contributed by atoms with Crippen LogP contribution >= 0.6 is 15.9 Å². The molecule has 0 saturated heterocycles. The zero-order valence-electron chi connectivity index (χ0n) is 13.6. The number of anilines is 1. The van der Waals surface area contributed by atoms with Gasteiger partial charge in [0.2, 0.25) is 0 Å². The molecule has 0 saturated carbocycles. The number of nitro groups is 1. The van der Waals surface area contributed by atoms with Crippen molar-refractivity contribution in [3.05, 3.63) is 98.8 Å². The third-order valence-corrected chi connectivity index (χ3v) is 4.28. The van der Waals surface area contributed by atoms with Gasteiger partial charge in [-0.25, -0.2) is 0 Å². The summed E-state index contributed by atoms with van der Waals surface area (Å²) in [5, 5.41) is 10.8. The molecule has 7 heteroatoms. The minimum absolute atomic E-state index is 0.0542. The fourth-order valence-corrected chi connectivity index (χ4v) is 2.70. The van der Waals surface area contributed by atoms with Crippen molar-refractivity contribution in [3.63, 3.8) is 0 Å². The lowest BCUT2D eigenvalue weighted by Gasteiger charge is -2.23. The van der Waals surface area contributed by atoms with Gasteiger partial charge in [0.25, 0.3) is 11.6 Å². The van der Waals surface area contributed by atoms with Crippen LogP contribution in [0, 0.1) is 10.1 Å². The molecule has 0 atom stereocenters. The monoisotopic (exact) mass is 411 g/mol. The molecule has 1 amide bonds. The Bertz CT molecular complexity index is 913. The molecule has 0 unspecified atom stereocenters. The van der Waals surface area contributed by atoms with Crippen LogP contribution in [-0.2, 0) is 6.54 Å². The van der Waals surface area contributed by atoms with E-state index in [0.29, 0.717) is 11.3 Å². The SMILES string of the molecule is O=C(c1ccc([N+](=O)[O-])cc1)N(Cc1ccccn1)c1ccc(Br)cc1. The Labute approximate surface area is 158 Å². The van der Waals surface area contributed by atoms with Crippen LogP contribution in [0.4, 0.5) is 11.4 Å². The summed E-state index contributed by atoms with van der Waals surface area (Å²) < 4.78 is 0.904. The Balaban J connectivity index is 1.94. The summed E-state index contributed by atoms with van der Waals surface area (Å²) >= 11 is 3.39. The molecular formula is C19H14BrN3O3. The van der Waals surface area contributed by atoms with Gasteiger partial charge in [0, 0.05) is 34.1 Å². The number of non-ortho nitro benzene ring substituents is 1. The molecule has 0 aliphatic heterocycles. The number of amides is 1. The van der Waals surface area contributed by atoms with Gasteiger partial charge in [0.15, 0.2) is 0 Å². The number of nitro benzene ring substituents is 1. The van der Waals surface area contributed by atoms with Gasteiger partial charge in [-0.15, -0.1) is 0 Å². The molecule has 3 rings (SSSR count). The Hall–Kier alpha value is -3.06. The van der Waals surface area contributed by atoms with E-state index in [1.807, 2.05) is 42.5 Å². The van der Waals surface area contributed by atoms with E-state index in [2.05, 4.69) is 20.9 Å². The molecule has 0 radical (unpaired) electrons. The number of hydrogen-bond acceptors (Lipinski definition) is 4. The van der Waals surface area contributed by atoms with Crippen molar-refractivity contribution in [2.24, 2.45) is 0 Å². The number of rotatable bonds is 5. The quantitative estimate of drug-likeness (QED) is 0.454. The molecule has 0 fully saturated rings. The lowest BCUT2D eigenvalue weighted by Crippen LogP contribution is -2.30. The Morgan fingerprint density at radius 1 is 1.04 bits per heavy atom. The molecule has 0 N–H and O–H groups in total. The van der Waals surface area contributed by atoms with Crippen molar-refractivity contribution in [1.29, 1.82) is 0 Å². The highest BCUT2D eigenvalue weighted by atomic mass is 79.9. The highest BCUT2D eigenvalue weighted by Gasteiger charge is 2.19. The average Bonchev–Trinajstić information content (AvgIpc) is 2.67. The summed E-state index contributed by atoms with van der Waals surface area (Å²) in [4.78, 5) is 29.2. The normalized spacial score (nSPS) is 10.3. The smallest absolute Gasteiger partial charge is 0.269 e. The minimum atomic E-state index is -0.491. The summed E-state index contributed by atoms with van der Waals surface area (Å²) in [6.07, 6.45) is 1.67. The molecule has 0 bridgehead atoms. The average molecular weight is 412 g/mol. The number of aromatic nitrogens is 1. The second-order valence-corrected chi connectivity index (χ2v) is 6.41. The van der Waals surface area contributed by atoms with E-state index in [1.165, 1.54) is 24.3 Å². The third kappa shape index (κ3) is 4.12. The second-order valence-electron chi connectivity index (χ2n) is 5.49. The van der Waals surface area contributed by atoms with Gasteiger partial charge in [-0.2, -0.15) is 0 Å². The number of carbonyl (C=O) groups is 1. The lowest BCUT2D eigenvalue weighted by atomic mass is 10.1. The predicted octanol–water partition coefficient (Wildman–Crippen LogP) is 4.60. The van der Waals surface area contributed by atoms with E-state index in [9.17, 15) is 14.9 Å². The van der Waals surface area contributed by atoms with Gasteiger partial charge in [-0.3, -0.25) is 19.9 Å². The maximum Gasteiger partial charge on any atom is 0.269 e. The molecule has 6 nitrogen and oxygen atoms in total. The molecule has 0 aliphatic rings. The Morgan fingerprint density at radius 2 is 1.73 bits per heavy atom. The van der Waals surface area contributed by atoms with Crippen molar-refractivity contribution in [1.82, 2.24) is 4.98 Å². The molecule has 3 aromatic rings. The highest BCUT2D eigenvalue weighted by molar-refractivity contribution is 9.10. The van der Waals surface area contributed by atoms with E-state index < -0.39 is 4.92 Å². The van der Waals surface area contributed by atoms with E-state index >= 15 is 0 Å². The van der Waals surface area contributed by atoms with Gasteiger partial charge in [0.1, 0.15) is 0 Å². The van der Waals surface area contributed by atoms with Gasteiger partial charge >= 0.3 is 0 Å². The van der Waals surface area contributed by atoms with Gasteiger partial charge in [-0.1, -0.05) is 22.0 Å². The molecule has 0 spiro atoms. The van der Waals surface area contributed by atoms with E-state index in [4.69, 9.17) is 0 Å². The minimum Gasteiger partial charge on any atom is -0.302 e. The molecule has 26 heavy (non-hydrogen) atoms. The summed E-state index contributed by atoms with van der Waals surface area (Å²) in [7, 11) is 0. The number of hydrogen-bond donors (Lipinski definition) is 0. The summed E-state index contributed by atoms with van der Waals surface area (Å²) in [5.74, 6) is -0.257. The van der Waals surface area contributed by atoms with Crippen LogP contribution in [0.5, 0.6) is 0 Å². The Kier molecular flexibility index (Phi) is 5.38. The third-order valence-electron chi connectivity index (χ3n) is 3.75. The number of pyridine rings is 1. The number of carbonyl (C=O) groups excluding carboxylic acids is 1. The van der Waals surface area contributed by atoms with Crippen LogP contribution in [0.1, 0.15) is 16.1 Å². The molecule has 2 aromatic carbocycles. The van der Waals surface area contributed by atoms with Gasteiger partial charge in [-0.05, 0) is 48.5 Å². The largest absolute Gasteiger partial charge is 0.302 e. The van der Waals surface area contributed by atoms with Crippen LogP contribution in [0.3, 0.4) is 0 Å². The fraction of sp³-hybridized carbons (Fsp3) is 0.0526. The van der Waals surface area contributed by atoms with Crippen molar-refractivity contribution >= 4 is 33.2 Å². The molecular weight excluding hydrogens is 398 g/mol. The van der Waals surface area contributed by atoms with E-state index in [-0.39, 0.29) is 18.1 Å². The molecule has 0 aliphatic carbocycles. The van der Waals surface area contributed by atoms with Crippen molar-refractivity contribution < 1.29 is 9.72 Å². The number of nitrogens with zero attached hydrogens (tertiary/aromatic N) is 3. The van der Waals surface area contributed by atoms with Crippen LogP contribution < -0.4 is 4.90 Å². The maximum absolute atomic E-state index is 13.0.